The summed E-state index contributed by atoms with van der Waals surface area (Å²) in [6.07, 6.45) is 0. The van der Waals surface area contributed by atoms with E-state index in [2.05, 4.69) is 86.6 Å². The molecule has 0 amide bonds. The molecule has 26 heavy (non-hydrogen) atoms. The molecule has 2 heteroatoms. The summed E-state index contributed by atoms with van der Waals surface area (Å²) in [6.45, 7) is 4.27. The topological polar surface area (TPSA) is 20.2 Å². The summed E-state index contributed by atoms with van der Waals surface area (Å²) in [6, 6.07) is 26.5. The first-order chi connectivity index (χ1) is 12.7. The molecule has 3 aliphatic carbocycles. The quantitative estimate of drug-likeness (QED) is 0.614. The zero-order valence-corrected chi connectivity index (χ0v) is 16.6. The van der Waals surface area contributed by atoms with Crippen LogP contribution < -0.4 is 0 Å². The van der Waals surface area contributed by atoms with E-state index in [0.717, 1.165) is 4.47 Å². The van der Waals surface area contributed by atoms with E-state index in [9.17, 15) is 4.19 Å². The van der Waals surface area contributed by atoms with Crippen molar-refractivity contribution >= 4 is 15.3 Å². The molecule has 3 aliphatic rings. The maximum atomic E-state index is 10.5. The van der Waals surface area contributed by atoms with Crippen LogP contribution in [0.4, 0.5) is 0 Å². The van der Waals surface area contributed by atoms with Crippen molar-refractivity contribution in [2.75, 3.05) is 0 Å². The van der Waals surface area contributed by atoms with Crippen LogP contribution in [-0.2, 0) is 5.41 Å². The zero-order chi connectivity index (χ0) is 17.9. The number of rotatable bonds is 2. The Labute approximate surface area is 160 Å². The second-order valence-corrected chi connectivity index (χ2v) is 8.60. The molecule has 0 aromatic heterocycles. The van der Waals surface area contributed by atoms with Gasteiger partial charge in [0.2, 0.25) is 0 Å². The van der Waals surface area contributed by atoms with Crippen molar-refractivity contribution in [3.63, 3.8) is 0 Å². The van der Waals surface area contributed by atoms with E-state index in [0.29, 0.717) is 0 Å². The van der Waals surface area contributed by atoms with Crippen LogP contribution in [0.25, 0.3) is 0 Å². The molecule has 0 aliphatic heterocycles. The summed E-state index contributed by atoms with van der Waals surface area (Å²) in [7, 11) is 0. The fourth-order valence-electron chi connectivity index (χ4n) is 5.11. The minimum atomic E-state index is -0.573. The van der Waals surface area contributed by atoms with Gasteiger partial charge in [0.05, 0.1) is 0 Å². The van der Waals surface area contributed by atoms with E-state index < -0.39 is 15.3 Å². The monoisotopic (exact) mass is 404 g/mol. The van der Waals surface area contributed by atoms with Crippen LogP contribution in [0.5, 0.6) is 0 Å². The first kappa shape index (κ1) is 16.1. The molecule has 2 bridgehead atoms. The van der Waals surface area contributed by atoms with Gasteiger partial charge in [0, 0.05) is 0 Å². The number of hydrogen-bond acceptors (Lipinski definition) is 1. The van der Waals surface area contributed by atoms with Crippen LogP contribution in [0.1, 0.15) is 53.1 Å². The molecule has 1 N–H and O–H groups in total. The predicted molar refractivity (Wildman–Crippen MR) is 106 cm³/mol. The molecule has 0 saturated carbocycles. The molecular weight excluding hydrogens is 383 g/mol. The fraction of sp³-hybridized carbons (Fsp3) is 0.167. The average molecular weight is 403 g/mol. The van der Waals surface area contributed by atoms with E-state index in [1.165, 1.54) is 39.0 Å². The first-order valence-electron chi connectivity index (χ1n) is 8.98. The van der Waals surface area contributed by atoms with Gasteiger partial charge >= 0.3 is 161 Å². The van der Waals surface area contributed by atoms with Gasteiger partial charge < -0.3 is 0 Å². The van der Waals surface area contributed by atoms with Gasteiger partial charge in [-0.3, -0.25) is 0 Å². The Bertz CT molecular complexity index is 943. The van der Waals surface area contributed by atoms with Crippen molar-refractivity contribution in [1.29, 1.82) is 0 Å². The van der Waals surface area contributed by atoms with Gasteiger partial charge in [-0.1, -0.05) is 0 Å². The molecule has 0 unspecified atom stereocenters. The number of hydrogen-bond donors (Lipinski definition) is 1. The van der Waals surface area contributed by atoms with E-state index in [1.807, 2.05) is 0 Å². The van der Waals surface area contributed by atoms with Crippen LogP contribution in [0.3, 0.4) is 0 Å². The summed E-state index contributed by atoms with van der Waals surface area (Å²) < 4.78 is 11.7. The zero-order valence-electron chi connectivity index (χ0n) is 14.9. The van der Waals surface area contributed by atoms with Gasteiger partial charge in [0.1, 0.15) is 0 Å². The van der Waals surface area contributed by atoms with Gasteiger partial charge in [0.25, 0.3) is 0 Å². The number of benzene rings is 3. The third kappa shape index (κ3) is 1.80. The molecule has 3 aromatic carbocycles. The molecule has 0 heterocycles. The van der Waals surface area contributed by atoms with Crippen molar-refractivity contribution in [2.24, 2.45) is 0 Å². The van der Waals surface area contributed by atoms with Gasteiger partial charge in [-0.15, -0.1) is 0 Å². The molecule has 0 saturated heterocycles. The Morgan fingerprint density at radius 3 is 1.46 bits per heavy atom. The van der Waals surface area contributed by atoms with Crippen molar-refractivity contribution < 1.29 is 4.19 Å². The summed E-state index contributed by atoms with van der Waals surface area (Å²) in [5, 5.41) is 0. The Hall–Kier alpha value is -2.12. The predicted octanol–water partition coefficient (Wildman–Crippen LogP) is 4.73. The molecule has 0 fully saturated rings. The summed E-state index contributed by atoms with van der Waals surface area (Å²) in [5.74, 6) is 0.282. The molecule has 0 spiro atoms. The molecule has 1 nitrogen and oxygen atoms in total. The van der Waals surface area contributed by atoms with Gasteiger partial charge in [-0.05, 0) is 0 Å². The number of allylic oxidation sites excluding steroid dienone is 2. The summed E-state index contributed by atoms with van der Waals surface area (Å²) in [5.41, 5.74) is 9.02. The molecule has 0 atom stereocenters. The van der Waals surface area contributed by atoms with E-state index in [-0.39, 0.29) is 11.3 Å². The minimum absolute atomic E-state index is 0.282. The van der Waals surface area contributed by atoms with Crippen molar-refractivity contribution in [3.8, 4) is 0 Å². The van der Waals surface area contributed by atoms with Crippen LogP contribution in [0.2, 0.25) is 0 Å². The molecule has 3 aromatic rings. The van der Waals surface area contributed by atoms with Crippen LogP contribution in [0, 0.1) is 0 Å². The van der Waals surface area contributed by atoms with Gasteiger partial charge in [-0.2, -0.15) is 0 Å². The van der Waals surface area contributed by atoms with Crippen molar-refractivity contribution in [1.82, 2.24) is 0 Å². The van der Waals surface area contributed by atoms with Gasteiger partial charge in [-0.25, -0.2) is 0 Å². The van der Waals surface area contributed by atoms with Crippen LogP contribution in [-0.4, -0.2) is 19.5 Å². The van der Waals surface area contributed by atoms with E-state index in [4.69, 9.17) is 0 Å². The Kier molecular flexibility index (Phi) is 3.52. The molecule has 0 radical (unpaired) electrons. The Balaban J connectivity index is 2.05. The standard InChI is InChI=1S/C24H20OSe/c1-15(2)23(26-25)24-19-12-6-3-9-16(19)22(17-10-4-7-13-20(17)24)18-11-5-8-14-21(18)24/h3-14,22,25H,1-2H3. The third-order valence-corrected chi connectivity index (χ3v) is 7.80. The molecular formula is C24H20OSe. The summed E-state index contributed by atoms with van der Waals surface area (Å²) in [4.78, 5) is 0. The second-order valence-electron chi connectivity index (χ2n) is 7.37. The first-order valence-corrected chi connectivity index (χ1v) is 10.6. The average Bonchev–Trinajstić information content (AvgIpc) is 2.68. The van der Waals surface area contributed by atoms with Crippen molar-refractivity contribution in [3.05, 3.63) is 116 Å². The Morgan fingerprint density at radius 1 is 0.731 bits per heavy atom. The van der Waals surface area contributed by atoms with Crippen LogP contribution in [0.15, 0.2) is 82.8 Å². The van der Waals surface area contributed by atoms with Crippen LogP contribution >= 0.6 is 0 Å². The second kappa shape index (κ2) is 5.69. The molecule has 128 valence electrons. The maximum absolute atomic E-state index is 10.5. The van der Waals surface area contributed by atoms with Crippen molar-refractivity contribution in [2.45, 2.75) is 25.2 Å². The van der Waals surface area contributed by atoms with Gasteiger partial charge in [0.15, 0.2) is 0 Å². The fourth-order valence-corrected chi connectivity index (χ4v) is 6.47. The van der Waals surface area contributed by atoms with E-state index >= 15 is 0 Å². The SMILES string of the molecule is CC(C)=C([Se]O)C12c3ccccc3C(c3ccccc31)c1ccccc12. The van der Waals surface area contributed by atoms with E-state index in [1.54, 1.807) is 0 Å². The Morgan fingerprint density at radius 2 is 1.12 bits per heavy atom. The molecule has 6 rings (SSSR count). The summed E-state index contributed by atoms with van der Waals surface area (Å²) >= 11 is -0.573. The normalized spacial score (nSPS) is 21.6. The third-order valence-electron chi connectivity index (χ3n) is 5.91.